The summed E-state index contributed by atoms with van der Waals surface area (Å²) in [6, 6.07) is 5.85. The standard InChI is InChI=1S/C12H13NO3/c1-8-3-9(2)5-11(4-8)16-12-13-10(6-14)7-15-12/h3-5,7,14H,6H2,1-2H3. The van der Waals surface area contributed by atoms with Crippen LogP contribution in [0.4, 0.5) is 0 Å². The van der Waals surface area contributed by atoms with Crippen molar-refractivity contribution in [1.82, 2.24) is 4.98 Å². The van der Waals surface area contributed by atoms with Crippen molar-refractivity contribution in [1.29, 1.82) is 0 Å². The quantitative estimate of drug-likeness (QED) is 0.862. The minimum atomic E-state index is -0.153. The van der Waals surface area contributed by atoms with E-state index in [-0.39, 0.29) is 12.7 Å². The molecule has 1 aromatic heterocycles. The second-order valence-corrected chi connectivity index (χ2v) is 3.69. The van der Waals surface area contributed by atoms with Gasteiger partial charge in [0.2, 0.25) is 0 Å². The SMILES string of the molecule is Cc1cc(C)cc(Oc2nc(CO)co2)c1. The van der Waals surface area contributed by atoms with Crippen molar-refractivity contribution in [3.05, 3.63) is 41.3 Å². The molecule has 0 radical (unpaired) electrons. The van der Waals surface area contributed by atoms with E-state index in [1.807, 2.05) is 26.0 Å². The highest BCUT2D eigenvalue weighted by molar-refractivity contribution is 5.34. The summed E-state index contributed by atoms with van der Waals surface area (Å²) in [5.41, 5.74) is 2.69. The van der Waals surface area contributed by atoms with Crippen LogP contribution >= 0.6 is 0 Å². The van der Waals surface area contributed by atoms with Crippen LogP contribution in [0, 0.1) is 13.8 Å². The summed E-state index contributed by atoms with van der Waals surface area (Å²) in [5, 5.41) is 8.83. The Morgan fingerprint density at radius 1 is 1.25 bits per heavy atom. The average molecular weight is 219 g/mol. The zero-order valence-electron chi connectivity index (χ0n) is 9.23. The molecule has 16 heavy (non-hydrogen) atoms. The van der Waals surface area contributed by atoms with E-state index in [0.717, 1.165) is 11.1 Å². The van der Waals surface area contributed by atoms with Crippen molar-refractivity contribution in [3.8, 4) is 11.8 Å². The summed E-state index contributed by atoms with van der Waals surface area (Å²) in [4.78, 5) is 3.94. The zero-order chi connectivity index (χ0) is 11.5. The molecule has 0 amide bonds. The molecule has 0 aliphatic rings. The zero-order valence-corrected chi connectivity index (χ0v) is 9.23. The summed E-state index contributed by atoms with van der Waals surface area (Å²) in [5.74, 6) is 0.684. The van der Waals surface area contributed by atoms with Crippen LogP contribution in [0.5, 0.6) is 11.8 Å². The van der Waals surface area contributed by atoms with Crippen molar-refractivity contribution in [3.63, 3.8) is 0 Å². The maximum atomic E-state index is 8.83. The normalized spacial score (nSPS) is 10.4. The Balaban J connectivity index is 2.19. The second kappa shape index (κ2) is 4.37. The lowest BCUT2D eigenvalue weighted by molar-refractivity contribution is 0.276. The number of hydrogen-bond acceptors (Lipinski definition) is 4. The molecule has 1 N–H and O–H groups in total. The third-order valence-corrected chi connectivity index (χ3v) is 2.09. The third-order valence-electron chi connectivity index (χ3n) is 2.09. The molecule has 0 saturated carbocycles. The van der Waals surface area contributed by atoms with E-state index in [0.29, 0.717) is 11.4 Å². The van der Waals surface area contributed by atoms with E-state index >= 15 is 0 Å². The molecule has 0 aliphatic carbocycles. The molecule has 0 aliphatic heterocycles. The van der Waals surface area contributed by atoms with Gasteiger partial charge >= 0.3 is 6.08 Å². The summed E-state index contributed by atoms with van der Waals surface area (Å²) < 4.78 is 10.5. The predicted octanol–water partition coefficient (Wildman–Crippen LogP) is 2.58. The first-order valence-corrected chi connectivity index (χ1v) is 4.99. The topological polar surface area (TPSA) is 55.5 Å². The van der Waals surface area contributed by atoms with E-state index in [1.165, 1.54) is 6.26 Å². The molecule has 84 valence electrons. The van der Waals surface area contributed by atoms with Gasteiger partial charge in [0.05, 0.1) is 6.61 Å². The first-order chi connectivity index (χ1) is 7.67. The molecule has 1 heterocycles. The Kier molecular flexibility index (Phi) is 2.92. The molecule has 1 aromatic carbocycles. The molecular weight excluding hydrogens is 206 g/mol. The van der Waals surface area contributed by atoms with Crippen molar-refractivity contribution in [2.24, 2.45) is 0 Å². The van der Waals surface area contributed by atoms with Gasteiger partial charge in [-0.25, -0.2) is 0 Å². The highest BCUT2D eigenvalue weighted by Gasteiger charge is 2.06. The fourth-order valence-electron chi connectivity index (χ4n) is 1.50. The number of aliphatic hydroxyl groups excluding tert-OH is 1. The van der Waals surface area contributed by atoms with Gasteiger partial charge < -0.3 is 14.3 Å². The molecule has 4 heteroatoms. The first-order valence-electron chi connectivity index (χ1n) is 4.99. The van der Waals surface area contributed by atoms with Gasteiger partial charge in [-0.2, -0.15) is 4.98 Å². The molecule has 0 bridgehead atoms. The number of rotatable bonds is 3. The van der Waals surface area contributed by atoms with Gasteiger partial charge in [-0.1, -0.05) is 6.07 Å². The van der Waals surface area contributed by atoms with E-state index < -0.39 is 0 Å². The molecule has 0 unspecified atom stereocenters. The molecule has 4 nitrogen and oxygen atoms in total. The number of aliphatic hydroxyl groups is 1. The highest BCUT2D eigenvalue weighted by Crippen LogP contribution is 2.23. The number of aromatic nitrogens is 1. The van der Waals surface area contributed by atoms with Crippen molar-refractivity contribution in [2.45, 2.75) is 20.5 Å². The summed E-state index contributed by atoms with van der Waals surface area (Å²) in [7, 11) is 0. The van der Waals surface area contributed by atoms with Gasteiger partial charge in [0.15, 0.2) is 0 Å². The summed E-state index contributed by atoms with van der Waals surface area (Å²) in [6.07, 6.45) is 1.52. The molecule has 0 saturated heterocycles. The third kappa shape index (κ3) is 2.41. The Bertz CT molecular complexity index is 471. The van der Waals surface area contributed by atoms with Crippen LogP contribution in [0.15, 0.2) is 28.9 Å². The van der Waals surface area contributed by atoms with Gasteiger partial charge in [-0.3, -0.25) is 0 Å². The van der Waals surface area contributed by atoms with E-state index in [1.54, 1.807) is 0 Å². The van der Waals surface area contributed by atoms with Gasteiger partial charge in [0.1, 0.15) is 17.7 Å². The van der Waals surface area contributed by atoms with E-state index in [4.69, 9.17) is 14.3 Å². The van der Waals surface area contributed by atoms with Crippen molar-refractivity contribution >= 4 is 0 Å². The Hall–Kier alpha value is -1.81. The van der Waals surface area contributed by atoms with Crippen LogP contribution in [-0.4, -0.2) is 10.1 Å². The average Bonchev–Trinajstić information content (AvgIpc) is 2.64. The highest BCUT2D eigenvalue weighted by atomic mass is 16.6. The number of hydrogen-bond donors (Lipinski definition) is 1. The van der Waals surface area contributed by atoms with Gasteiger partial charge in [-0.15, -0.1) is 0 Å². The number of oxazole rings is 1. The Labute approximate surface area is 93.5 Å². The lowest BCUT2D eigenvalue weighted by Gasteiger charge is -2.03. The molecular formula is C12H13NO3. The summed E-state index contributed by atoms with van der Waals surface area (Å²) >= 11 is 0. The van der Waals surface area contributed by atoms with Crippen LogP contribution < -0.4 is 4.74 Å². The number of benzene rings is 1. The largest absolute Gasteiger partial charge is 0.417 e. The number of ether oxygens (including phenoxy) is 1. The lowest BCUT2D eigenvalue weighted by Crippen LogP contribution is -1.88. The number of nitrogens with zero attached hydrogens (tertiary/aromatic N) is 1. The number of aryl methyl sites for hydroxylation is 2. The van der Waals surface area contributed by atoms with Gasteiger partial charge in [0, 0.05) is 0 Å². The van der Waals surface area contributed by atoms with Gasteiger partial charge in [0.25, 0.3) is 0 Å². The van der Waals surface area contributed by atoms with Crippen molar-refractivity contribution < 1.29 is 14.3 Å². The summed E-state index contributed by atoms with van der Waals surface area (Å²) in [6.45, 7) is 3.84. The molecule has 2 rings (SSSR count). The predicted molar refractivity (Wildman–Crippen MR) is 58.4 cm³/mol. The van der Waals surface area contributed by atoms with Crippen LogP contribution in [0.3, 0.4) is 0 Å². The van der Waals surface area contributed by atoms with Crippen LogP contribution in [-0.2, 0) is 6.61 Å². The van der Waals surface area contributed by atoms with Crippen molar-refractivity contribution in [2.75, 3.05) is 0 Å². The molecule has 0 atom stereocenters. The smallest absolute Gasteiger partial charge is 0.399 e. The first kappa shape index (κ1) is 10.7. The maximum Gasteiger partial charge on any atom is 0.399 e. The van der Waals surface area contributed by atoms with Crippen LogP contribution in [0.1, 0.15) is 16.8 Å². The van der Waals surface area contributed by atoms with Crippen LogP contribution in [0.2, 0.25) is 0 Å². The van der Waals surface area contributed by atoms with E-state index in [9.17, 15) is 0 Å². The van der Waals surface area contributed by atoms with E-state index in [2.05, 4.69) is 11.1 Å². The van der Waals surface area contributed by atoms with Crippen LogP contribution in [0.25, 0.3) is 0 Å². The van der Waals surface area contributed by atoms with Gasteiger partial charge in [-0.05, 0) is 37.1 Å². The minimum absolute atomic E-state index is 0.147. The lowest BCUT2D eigenvalue weighted by atomic mass is 10.1. The molecule has 0 spiro atoms. The Morgan fingerprint density at radius 3 is 2.50 bits per heavy atom. The Morgan fingerprint density at radius 2 is 1.94 bits per heavy atom. The maximum absolute atomic E-state index is 8.83. The fourth-order valence-corrected chi connectivity index (χ4v) is 1.50. The molecule has 0 fully saturated rings. The second-order valence-electron chi connectivity index (χ2n) is 3.69. The monoisotopic (exact) mass is 219 g/mol. The minimum Gasteiger partial charge on any atom is -0.417 e. The fraction of sp³-hybridized carbons (Fsp3) is 0.250. The molecule has 2 aromatic rings.